The van der Waals surface area contributed by atoms with Crippen molar-refractivity contribution in [1.29, 1.82) is 0 Å². The lowest BCUT2D eigenvalue weighted by Crippen LogP contribution is -2.49. The molecule has 1 atom stereocenters. The van der Waals surface area contributed by atoms with Crippen LogP contribution >= 0.6 is 0 Å². The largest absolute Gasteiger partial charge is 0.389 e. The molecule has 1 unspecified atom stereocenters. The lowest BCUT2D eigenvalue weighted by atomic mass is 10.0. The van der Waals surface area contributed by atoms with Crippen LogP contribution in [0.3, 0.4) is 0 Å². The number of aryl methyl sites for hydroxylation is 3. The molecule has 2 heterocycles. The van der Waals surface area contributed by atoms with Crippen LogP contribution < -0.4 is 4.90 Å². The number of benzene rings is 1. The van der Waals surface area contributed by atoms with Crippen molar-refractivity contribution in [2.45, 2.75) is 33.3 Å². The van der Waals surface area contributed by atoms with E-state index in [0.29, 0.717) is 6.54 Å². The van der Waals surface area contributed by atoms with Crippen molar-refractivity contribution in [3.63, 3.8) is 0 Å². The minimum Gasteiger partial charge on any atom is -0.389 e. The maximum absolute atomic E-state index is 10.1. The van der Waals surface area contributed by atoms with Crippen LogP contribution in [-0.4, -0.2) is 72.0 Å². The molecule has 6 nitrogen and oxygen atoms in total. The second-order valence-electron chi connectivity index (χ2n) is 7.98. The first-order chi connectivity index (χ1) is 14.5. The van der Waals surface area contributed by atoms with Crippen molar-refractivity contribution in [2.24, 2.45) is 0 Å². The summed E-state index contributed by atoms with van der Waals surface area (Å²) in [5.41, 5.74) is 4.77. The van der Waals surface area contributed by atoms with Gasteiger partial charge in [0, 0.05) is 50.4 Å². The van der Waals surface area contributed by atoms with Gasteiger partial charge in [0.05, 0.1) is 12.7 Å². The molecule has 160 valence electrons. The van der Waals surface area contributed by atoms with Gasteiger partial charge in [-0.3, -0.25) is 4.90 Å². The first-order valence-electron chi connectivity index (χ1n) is 10.5. The minimum absolute atomic E-state index is 0.237. The van der Waals surface area contributed by atoms with Gasteiger partial charge in [0.1, 0.15) is 18.2 Å². The number of rotatable bonds is 8. The van der Waals surface area contributed by atoms with E-state index in [4.69, 9.17) is 16.1 Å². The fourth-order valence-electron chi connectivity index (χ4n) is 3.84. The summed E-state index contributed by atoms with van der Waals surface area (Å²) in [7, 11) is 0. The number of ether oxygens (including phenoxy) is 1. The van der Waals surface area contributed by atoms with Crippen LogP contribution in [0.5, 0.6) is 0 Å². The first-order valence-corrected chi connectivity index (χ1v) is 10.5. The second-order valence-corrected chi connectivity index (χ2v) is 7.98. The van der Waals surface area contributed by atoms with Gasteiger partial charge in [0.2, 0.25) is 0 Å². The smallest absolute Gasteiger partial charge is 0.136 e. The highest BCUT2D eigenvalue weighted by molar-refractivity contribution is 5.51. The van der Waals surface area contributed by atoms with Crippen molar-refractivity contribution >= 4 is 5.82 Å². The molecule has 1 aromatic carbocycles. The summed E-state index contributed by atoms with van der Waals surface area (Å²) in [6.45, 7) is 10.7. The molecule has 30 heavy (non-hydrogen) atoms. The van der Waals surface area contributed by atoms with Gasteiger partial charge in [0.15, 0.2) is 0 Å². The van der Waals surface area contributed by atoms with Crippen LogP contribution in [-0.2, 0) is 11.2 Å². The van der Waals surface area contributed by atoms with Crippen LogP contribution in [0.15, 0.2) is 24.3 Å². The third-order valence-electron chi connectivity index (χ3n) is 5.44. The molecule has 3 rings (SSSR count). The van der Waals surface area contributed by atoms with Crippen molar-refractivity contribution in [2.75, 3.05) is 50.8 Å². The third kappa shape index (κ3) is 6.02. The summed E-state index contributed by atoms with van der Waals surface area (Å²) in [4.78, 5) is 14.1. The van der Waals surface area contributed by atoms with Crippen molar-refractivity contribution in [1.82, 2.24) is 14.9 Å². The van der Waals surface area contributed by atoms with Crippen LogP contribution in [0.25, 0.3) is 0 Å². The Kier molecular flexibility index (Phi) is 7.81. The van der Waals surface area contributed by atoms with E-state index >= 15 is 0 Å². The van der Waals surface area contributed by atoms with Gasteiger partial charge in [-0.05, 0) is 26.3 Å². The average molecular weight is 409 g/mol. The minimum atomic E-state index is -0.523. The number of aliphatic hydroxyl groups is 1. The Balaban J connectivity index is 1.66. The third-order valence-corrected chi connectivity index (χ3v) is 5.44. The summed E-state index contributed by atoms with van der Waals surface area (Å²) in [5, 5.41) is 10.1. The summed E-state index contributed by atoms with van der Waals surface area (Å²) in [6, 6.07) is 8.66. The fraction of sp³-hybridized carbons (Fsp3) is 0.500. The van der Waals surface area contributed by atoms with Gasteiger partial charge >= 0.3 is 0 Å². The standard InChI is InChI=1S/C24H32N4O2/c1-5-14-30-17-22(29)16-27-10-12-28(13-11-27)24-23(19(3)25-20(4)26-24)15-21-8-6-18(2)7-9-21/h1,6-9,22,29H,10-17H2,2-4H3. The molecule has 6 heteroatoms. The van der Waals surface area contributed by atoms with Gasteiger partial charge in [-0.1, -0.05) is 35.7 Å². The molecule has 1 aliphatic heterocycles. The molecule has 0 aliphatic carbocycles. The Morgan fingerprint density at radius 1 is 1.10 bits per heavy atom. The normalized spacial score (nSPS) is 15.8. The van der Waals surface area contributed by atoms with Crippen LogP contribution in [0.1, 0.15) is 28.2 Å². The van der Waals surface area contributed by atoms with E-state index in [-0.39, 0.29) is 13.2 Å². The van der Waals surface area contributed by atoms with Gasteiger partial charge in [-0.15, -0.1) is 6.42 Å². The SMILES string of the molecule is C#CCOCC(O)CN1CCN(c2nc(C)nc(C)c2Cc2ccc(C)cc2)CC1. The zero-order valence-corrected chi connectivity index (χ0v) is 18.3. The summed E-state index contributed by atoms with van der Waals surface area (Å²) < 4.78 is 5.24. The predicted octanol–water partition coefficient (Wildman–Crippen LogP) is 2.13. The van der Waals surface area contributed by atoms with Crippen molar-refractivity contribution in [3.8, 4) is 12.3 Å². The van der Waals surface area contributed by atoms with Crippen molar-refractivity contribution < 1.29 is 9.84 Å². The molecule has 1 saturated heterocycles. The van der Waals surface area contributed by atoms with Crippen LogP contribution in [0, 0.1) is 33.1 Å². The molecule has 0 saturated carbocycles. The van der Waals surface area contributed by atoms with Gasteiger partial charge in [-0.2, -0.15) is 0 Å². The lowest BCUT2D eigenvalue weighted by Gasteiger charge is -2.37. The zero-order chi connectivity index (χ0) is 21.5. The van der Waals surface area contributed by atoms with E-state index in [1.165, 1.54) is 16.7 Å². The number of nitrogens with zero attached hydrogens (tertiary/aromatic N) is 4. The predicted molar refractivity (Wildman–Crippen MR) is 120 cm³/mol. The second kappa shape index (κ2) is 10.5. The molecule has 1 fully saturated rings. The Bertz CT molecular complexity index is 868. The zero-order valence-electron chi connectivity index (χ0n) is 18.3. The van der Waals surface area contributed by atoms with Crippen LogP contribution in [0.2, 0.25) is 0 Å². The monoisotopic (exact) mass is 408 g/mol. The molecule has 0 amide bonds. The maximum Gasteiger partial charge on any atom is 0.136 e. The highest BCUT2D eigenvalue weighted by atomic mass is 16.5. The Morgan fingerprint density at radius 3 is 2.47 bits per heavy atom. The average Bonchev–Trinajstić information content (AvgIpc) is 2.72. The highest BCUT2D eigenvalue weighted by Crippen LogP contribution is 2.25. The van der Waals surface area contributed by atoms with E-state index in [9.17, 15) is 5.11 Å². The molecule has 1 aliphatic rings. The van der Waals surface area contributed by atoms with E-state index in [0.717, 1.165) is 49.9 Å². The number of hydrogen-bond acceptors (Lipinski definition) is 6. The number of aromatic nitrogens is 2. The van der Waals surface area contributed by atoms with E-state index in [1.54, 1.807) is 0 Å². The summed E-state index contributed by atoms with van der Waals surface area (Å²) >= 11 is 0. The van der Waals surface area contributed by atoms with E-state index in [1.807, 2.05) is 6.92 Å². The van der Waals surface area contributed by atoms with E-state index in [2.05, 4.69) is 58.8 Å². The van der Waals surface area contributed by atoms with Gasteiger partial charge in [0.25, 0.3) is 0 Å². The number of aliphatic hydroxyl groups excluding tert-OH is 1. The quantitative estimate of drug-likeness (QED) is 0.533. The number of hydrogen-bond donors (Lipinski definition) is 1. The molecular weight excluding hydrogens is 376 g/mol. The molecule has 1 N–H and O–H groups in total. The van der Waals surface area contributed by atoms with E-state index < -0.39 is 6.10 Å². The number of β-amino-alcohol motifs (C(OH)–C–C–N with tert-alkyl or cyclic N) is 1. The van der Waals surface area contributed by atoms with Crippen molar-refractivity contribution in [3.05, 3.63) is 52.5 Å². The number of piperazine rings is 1. The topological polar surface area (TPSA) is 61.7 Å². The molecule has 1 aromatic heterocycles. The Morgan fingerprint density at radius 2 is 1.80 bits per heavy atom. The Labute approximate surface area is 179 Å². The highest BCUT2D eigenvalue weighted by Gasteiger charge is 2.23. The first kappa shape index (κ1) is 22.2. The molecule has 0 bridgehead atoms. The fourth-order valence-corrected chi connectivity index (χ4v) is 3.84. The summed E-state index contributed by atoms with van der Waals surface area (Å²) in [5.74, 6) is 4.26. The molecule has 0 spiro atoms. The summed E-state index contributed by atoms with van der Waals surface area (Å²) in [6.07, 6.45) is 5.48. The lowest BCUT2D eigenvalue weighted by molar-refractivity contribution is 0.0267. The molecular formula is C24H32N4O2. The maximum atomic E-state index is 10.1. The van der Waals surface area contributed by atoms with Gasteiger partial charge < -0.3 is 14.7 Å². The molecule has 2 aromatic rings. The van der Waals surface area contributed by atoms with Crippen LogP contribution in [0.4, 0.5) is 5.82 Å². The van der Waals surface area contributed by atoms with Gasteiger partial charge in [-0.25, -0.2) is 9.97 Å². The number of terminal acetylenes is 1. The number of anilines is 1. The molecule has 0 radical (unpaired) electrons. The Hall–Kier alpha value is -2.46.